The van der Waals surface area contributed by atoms with Gasteiger partial charge in [-0.15, -0.1) is 0 Å². The molecule has 4 unspecified atom stereocenters. The van der Waals surface area contributed by atoms with Gasteiger partial charge in [-0.05, 0) is 116 Å². The second kappa shape index (κ2) is 13.3. The number of para-hydroxylation sites is 1. The van der Waals surface area contributed by atoms with E-state index in [4.69, 9.17) is 9.41 Å². The van der Waals surface area contributed by atoms with Gasteiger partial charge in [-0.2, -0.15) is 0 Å². The van der Waals surface area contributed by atoms with Crippen molar-refractivity contribution in [3.63, 3.8) is 0 Å². The lowest BCUT2D eigenvalue weighted by atomic mass is 9.79. The number of benzene rings is 7. The van der Waals surface area contributed by atoms with Crippen LogP contribution in [0.15, 0.2) is 167 Å². The molecule has 2 aliphatic carbocycles. The van der Waals surface area contributed by atoms with Crippen molar-refractivity contribution in [2.75, 3.05) is 5.32 Å². The number of furan rings is 1. The minimum atomic E-state index is -0.233. The maximum absolute atomic E-state index is 6.44. The number of nitrogens with one attached hydrogen (secondary N) is 1. The van der Waals surface area contributed by atoms with Gasteiger partial charge in [0.1, 0.15) is 17.5 Å². The Kier molecular flexibility index (Phi) is 7.93. The van der Waals surface area contributed by atoms with Gasteiger partial charge in [0.2, 0.25) is 0 Å². The van der Waals surface area contributed by atoms with Gasteiger partial charge in [-0.3, -0.25) is 4.99 Å². The molecule has 0 amide bonds. The van der Waals surface area contributed by atoms with Gasteiger partial charge >= 0.3 is 0 Å². The molecule has 0 saturated carbocycles. The van der Waals surface area contributed by atoms with Crippen LogP contribution in [-0.2, 0) is 6.42 Å². The number of anilines is 1. The van der Waals surface area contributed by atoms with E-state index in [1.165, 1.54) is 66.8 Å². The standard InChI is InChI=1S/C54H44N2O/c1-32-33(2)40-18-8-11-21-44(40)49-34(3)47(42-19-9-7-17-39(32)42)31-38-29-30-41(43-20-10-12-22-45(43)50(38)49)35-25-27-37(28-26-35)54-55-51(36-15-5-4-6-16-36)53-52(56-54)46-23-13-14-24-48(46)57-53/h4-28,31-33,41,51H,29-30H2,1-3H3,(H,55,56). The molecule has 8 aromatic rings. The first-order chi connectivity index (χ1) is 28.0. The van der Waals surface area contributed by atoms with Crippen LogP contribution in [0.3, 0.4) is 0 Å². The fraction of sp³-hybridized carbons (Fsp3) is 0.167. The molecule has 1 aromatic heterocycles. The van der Waals surface area contributed by atoms with Crippen molar-refractivity contribution >= 4 is 22.5 Å². The summed E-state index contributed by atoms with van der Waals surface area (Å²) < 4.78 is 6.44. The molecule has 3 nitrogen and oxygen atoms in total. The largest absolute Gasteiger partial charge is 0.456 e. The topological polar surface area (TPSA) is 37.5 Å². The smallest absolute Gasteiger partial charge is 0.157 e. The molecule has 57 heavy (non-hydrogen) atoms. The maximum Gasteiger partial charge on any atom is 0.157 e. The number of nitrogens with zero attached hydrogens (tertiary/aromatic N) is 1. The number of aliphatic imine (C=N–C) groups is 1. The van der Waals surface area contributed by atoms with E-state index in [9.17, 15) is 0 Å². The van der Waals surface area contributed by atoms with Crippen molar-refractivity contribution < 1.29 is 4.42 Å². The highest BCUT2D eigenvalue weighted by molar-refractivity contribution is 6.14. The zero-order valence-electron chi connectivity index (χ0n) is 32.6. The Morgan fingerprint density at radius 2 is 1.19 bits per heavy atom. The highest BCUT2D eigenvalue weighted by Crippen LogP contribution is 2.53. The Morgan fingerprint density at radius 3 is 1.95 bits per heavy atom. The number of hydrogen-bond donors (Lipinski definition) is 1. The lowest BCUT2D eigenvalue weighted by Gasteiger charge is -2.25. The summed E-state index contributed by atoms with van der Waals surface area (Å²) in [6.45, 7) is 7.19. The van der Waals surface area contributed by atoms with Crippen molar-refractivity contribution in [3.8, 4) is 33.4 Å². The van der Waals surface area contributed by atoms with E-state index in [0.29, 0.717) is 11.8 Å². The van der Waals surface area contributed by atoms with Crippen molar-refractivity contribution in [1.29, 1.82) is 0 Å². The second-order valence-corrected chi connectivity index (χ2v) is 16.3. The van der Waals surface area contributed by atoms with Crippen molar-refractivity contribution in [2.45, 2.75) is 57.4 Å². The third kappa shape index (κ3) is 5.36. The molecule has 276 valence electrons. The molecule has 0 saturated heterocycles. The van der Waals surface area contributed by atoms with Gasteiger partial charge in [0, 0.05) is 16.9 Å². The first-order valence-corrected chi connectivity index (χ1v) is 20.5. The molecule has 3 aliphatic rings. The molecule has 2 heterocycles. The summed E-state index contributed by atoms with van der Waals surface area (Å²) in [7, 11) is 0. The number of aryl methyl sites for hydroxylation is 1. The van der Waals surface area contributed by atoms with Crippen LogP contribution in [0.5, 0.6) is 0 Å². The summed E-state index contributed by atoms with van der Waals surface area (Å²) in [6.07, 6.45) is 2.02. The van der Waals surface area contributed by atoms with Crippen LogP contribution in [-0.4, -0.2) is 5.84 Å². The Hall–Kier alpha value is -6.45. The minimum Gasteiger partial charge on any atom is -0.456 e. The van der Waals surface area contributed by atoms with Crippen LogP contribution >= 0.6 is 0 Å². The lowest BCUT2D eigenvalue weighted by Crippen LogP contribution is -2.21. The molecular weight excluding hydrogens is 693 g/mol. The van der Waals surface area contributed by atoms with E-state index >= 15 is 0 Å². The molecule has 3 heteroatoms. The van der Waals surface area contributed by atoms with Crippen molar-refractivity contribution in [3.05, 3.63) is 208 Å². The predicted molar refractivity (Wildman–Crippen MR) is 236 cm³/mol. The molecule has 4 atom stereocenters. The Bertz CT molecular complexity index is 2880. The zero-order chi connectivity index (χ0) is 38.2. The zero-order valence-corrected chi connectivity index (χ0v) is 32.6. The third-order valence-electron chi connectivity index (χ3n) is 13.3. The van der Waals surface area contributed by atoms with Crippen LogP contribution in [0, 0.1) is 6.92 Å². The van der Waals surface area contributed by atoms with Gasteiger partial charge in [0.05, 0.1) is 5.69 Å². The van der Waals surface area contributed by atoms with E-state index in [0.717, 1.165) is 52.2 Å². The van der Waals surface area contributed by atoms with E-state index in [2.05, 4.69) is 172 Å². The molecule has 2 bridgehead atoms. The van der Waals surface area contributed by atoms with Crippen LogP contribution < -0.4 is 5.32 Å². The monoisotopic (exact) mass is 736 g/mol. The van der Waals surface area contributed by atoms with E-state index < -0.39 is 0 Å². The Labute approximate surface area is 334 Å². The number of rotatable bonds is 3. The third-order valence-corrected chi connectivity index (χ3v) is 13.3. The van der Waals surface area contributed by atoms with Gasteiger partial charge in [0.15, 0.2) is 5.76 Å². The first-order valence-electron chi connectivity index (χ1n) is 20.5. The Morgan fingerprint density at radius 1 is 0.579 bits per heavy atom. The molecule has 0 spiro atoms. The van der Waals surface area contributed by atoms with Gasteiger partial charge < -0.3 is 9.73 Å². The van der Waals surface area contributed by atoms with Crippen LogP contribution in [0.1, 0.15) is 94.3 Å². The highest BCUT2D eigenvalue weighted by atomic mass is 16.3. The molecule has 0 fully saturated rings. The maximum atomic E-state index is 6.44. The fourth-order valence-corrected chi connectivity index (χ4v) is 10.2. The van der Waals surface area contributed by atoms with Crippen molar-refractivity contribution in [2.24, 2.45) is 4.99 Å². The average Bonchev–Trinajstić information content (AvgIpc) is 3.57. The number of amidine groups is 1. The molecule has 7 aromatic carbocycles. The van der Waals surface area contributed by atoms with E-state index in [1.807, 2.05) is 12.1 Å². The van der Waals surface area contributed by atoms with E-state index in [1.54, 1.807) is 0 Å². The quantitative estimate of drug-likeness (QED) is 0.196. The average molecular weight is 737 g/mol. The minimum absolute atomic E-state index is 0.233. The molecule has 0 radical (unpaired) electrons. The van der Waals surface area contributed by atoms with Crippen molar-refractivity contribution in [1.82, 2.24) is 0 Å². The summed E-state index contributed by atoms with van der Waals surface area (Å²) in [5.74, 6) is 2.71. The summed E-state index contributed by atoms with van der Waals surface area (Å²) in [5.41, 5.74) is 20.8. The normalized spacial score (nSPS) is 19.2. The second-order valence-electron chi connectivity index (χ2n) is 16.3. The number of hydrogen-bond acceptors (Lipinski definition) is 3. The number of fused-ring (bicyclic) bond motifs is 13. The molecule has 11 rings (SSSR count). The summed E-state index contributed by atoms with van der Waals surface area (Å²) >= 11 is 0. The summed E-state index contributed by atoms with van der Waals surface area (Å²) in [6, 6.07) is 57.8. The fourth-order valence-electron chi connectivity index (χ4n) is 10.2. The Balaban J connectivity index is 1.02. The first kappa shape index (κ1) is 33.9. The summed E-state index contributed by atoms with van der Waals surface area (Å²) in [5, 5.41) is 4.77. The SMILES string of the molecule is Cc1c2cc3c(c1-c1ccccc1C(C)C(C)c1ccccc1-2)-c1ccccc1C(c1ccc(C2=NC(c4ccccc4)c4oc5ccccc5c4N2)cc1)CC3. The van der Waals surface area contributed by atoms with Crippen LogP contribution in [0.2, 0.25) is 0 Å². The molecule has 1 N–H and O–H groups in total. The van der Waals surface area contributed by atoms with Gasteiger partial charge in [-0.25, -0.2) is 0 Å². The molecule has 1 aliphatic heterocycles. The summed E-state index contributed by atoms with van der Waals surface area (Å²) in [4.78, 5) is 5.30. The van der Waals surface area contributed by atoms with Gasteiger partial charge in [-0.1, -0.05) is 159 Å². The van der Waals surface area contributed by atoms with Crippen LogP contribution in [0.4, 0.5) is 5.69 Å². The van der Waals surface area contributed by atoms with E-state index in [-0.39, 0.29) is 12.0 Å². The highest BCUT2D eigenvalue weighted by Gasteiger charge is 2.33. The van der Waals surface area contributed by atoms with Crippen LogP contribution in [0.25, 0.3) is 44.3 Å². The lowest BCUT2D eigenvalue weighted by molar-refractivity contribution is 0.526. The molecular formula is C54H44N2O. The predicted octanol–water partition coefficient (Wildman–Crippen LogP) is 14.0. The van der Waals surface area contributed by atoms with Gasteiger partial charge in [0.25, 0.3) is 0 Å².